The average Bonchev–Trinajstić information content (AvgIpc) is 2.86. The van der Waals surface area contributed by atoms with Gasteiger partial charge in [0.25, 0.3) is 0 Å². The first-order valence-electron chi connectivity index (χ1n) is 9.04. The van der Waals surface area contributed by atoms with E-state index in [2.05, 4.69) is 47.4 Å². The number of carbonyl (C=O) groups excluding carboxylic acids is 1. The molecule has 2 amide bonds. The monoisotopic (exact) mass is 405 g/mol. The molecule has 2 aromatic carbocycles. The quantitative estimate of drug-likeness (QED) is 0.733. The van der Waals surface area contributed by atoms with Gasteiger partial charge in [-0.05, 0) is 38.2 Å². The summed E-state index contributed by atoms with van der Waals surface area (Å²) in [6.07, 6.45) is 0.941. The average molecular weight is 406 g/mol. The smallest absolute Gasteiger partial charge is 0.324 e. The van der Waals surface area contributed by atoms with Gasteiger partial charge in [-0.25, -0.2) is 4.79 Å². The normalized spacial score (nSPS) is 16.3. The van der Waals surface area contributed by atoms with Crippen LogP contribution in [0.2, 0.25) is 0 Å². The van der Waals surface area contributed by atoms with Crippen molar-refractivity contribution in [2.24, 2.45) is 0 Å². The number of anilines is 1. The van der Waals surface area contributed by atoms with Crippen LogP contribution in [0.25, 0.3) is 0 Å². The Morgan fingerprint density at radius 2 is 1.70 bits per heavy atom. The number of hydrogen-bond donors (Lipinski definition) is 0. The molecule has 1 aliphatic heterocycles. The summed E-state index contributed by atoms with van der Waals surface area (Å²) in [4.78, 5) is 20.1. The summed E-state index contributed by atoms with van der Waals surface area (Å²) in [6, 6.07) is 18.9. The number of likely N-dealkylation sites (N-methyl/N-ethyl adjacent to an activating group) is 2. The van der Waals surface area contributed by atoms with Crippen molar-refractivity contribution < 1.29 is 4.79 Å². The fraction of sp³-hybridized carbons (Fsp3) is 0.381. The second-order valence-electron chi connectivity index (χ2n) is 6.93. The Morgan fingerprint density at radius 3 is 2.41 bits per heavy atom. The molecule has 0 aromatic heterocycles. The SMILES string of the molecule is CN(C)CCN(C)C(=O)N1CCC(c2ccccc2)Sc2ccccc21.Cl. The van der Waals surface area contributed by atoms with E-state index in [1.54, 1.807) is 0 Å². The molecule has 0 fully saturated rings. The molecule has 0 saturated carbocycles. The van der Waals surface area contributed by atoms with Gasteiger partial charge in [-0.2, -0.15) is 0 Å². The van der Waals surface area contributed by atoms with E-state index in [9.17, 15) is 4.79 Å². The van der Waals surface area contributed by atoms with Crippen molar-refractivity contribution in [2.75, 3.05) is 45.7 Å². The van der Waals surface area contributed by atoms with Crippen LogP contribution in [0.3, 0.4) is 0 Å². The molecule has 1 heterocycles. The van der Waals surface area contributed by atoms with Crippen LogP contribution in [0, 0.1) is 0 Å². The van der Waals surface area contributed by atoms with Gasteiger partial charge in [0, 0.05) is 36.8 Å². The molecule has 0 aliphatic carbocycles. The Kier molecular flexibility index (Phi) is 8.02. The number of carbonyl (C=O) groups is 1. The molecule has 1 aliphatic rings. The predicted molar refractivity (Wildman–Crippen MR) is 117 cm³/mol. The van der Waals surface area contributed by atoms with E-state index in [1.807, 2.05) is 54.8 Å². The number of urea groups is 1. The van der Waals surface area contributed by atoms with Gasteiger partial charge in [-0.1, -0.05) is 42.5 Å². The van der Waals surface area contributed by atoms with E-state index >= 15 is 0 Å². The van der Waals surface area contributed by atoms with Crippen LogP contribution in [-0.4, -0.2) is 56.6 Å². The van der Waals surface area contributed by atoms with Gasteiger partial charge in [-0.15, -0.1) is 24.2 Å². The third-order valence-electron chi connectivity index (χ3n) is 4.65. The third-order valence-corrected chi connectivity index (χ3v) is 6.04. The van der Waals surface area contributed by atoms with E-state index in [0.29, 0.717) is 5.25 Å². The second kappa shape index (κ2) is 10.0. The fourth-order valence-electron chi connectivity index (χ4n) is 3.11. The first kappa shape index (κ1) is 21.6. The third kappa shape index (κ3) is 5.41. The maximum Gasteiger partial charge on any atom is 0.324 e. The zero-order valence-corrected chi connectivity index (χ0v) is 17.8. The molecule has 1 unspecified atom stereocenters. The zero-order chi connectivity index (χ0) is 18.5. The highest BCUT2D eigenvalue weighted by Crippen LogP contribution is 2.45. The number of thioether (sulfide) groups is 1. The van der Waals surface area contributed by atoms with Crippen molar-refractivity contribution in [3.63, 3.8) is 0 Å². The number of para-hydroxylation sites is 1. The minimum Gasteiger partial charge on any atom is -0.326 e. The molecule has 6 heteroatoms. The number of fused-ring (bicyclic) bond motifs is 1. The van der Waals surface area contributed by atoms with Gasteiger partial charge in [0.05, 0.1) is 5.69 Å². The maximum absolute atomic E-state index is 13.1. The van der Waals surface area contributed by atoms with Crippen LogP contribution in [-0.2, 0) is 0 Å². The van der Waals surface area contributed by atoms with E-state index in [1.165, 1.54) is 10.5 Å². The first-order chi connectivity index (χ1) is 12.6. The van der Waals surface area contributed by atoms with Crippen molar-refractivity contribution in [3.05, 3.63) is 60.2 Å². The topological polar surface area (TPSA) is 26.8 Å². The minimum absolute atomic E-state index is 0. The molecule has 0 radical (unpaired) electrons. The van der Waals surface area contributed by atoms with Gasteiger partial charge in [0.2, 0.25) is 0 Å². The van der Waals surface area contributed by atoms with Crippen LogP contribution in [0.15, 0.2) is 59.5 Å². The molecule has 0 N–H and O–H groups in total. The highest BCUT2D eigenvalue weighted by atomic mass is 35.5. The number of hydrogen-bond acceptors (Lipinski definition) is 3. The summed E-state index contributed by atoms with van der Waals surface area (Å²) in [7, 11) is 5.95. The summed E-state index contributed by atoms with van der Waals surface area (Å²) < 4.78 is 0. The summed E-state index contributed by atoms with van der Waals surface area (Å²) in [5.41, 5.74) is 2.35. The lowest BCUT2D eigenvalue weighted by molar-refractivity contribution is 0.210. The van der Waals surface area contributed by atoms with E-state index in [-0.39, 0.29) is 18.4 Å². The van der Waals surface area contributed by atoms with Gasteiger partial charge >= 0.3 is 6.03 Å². The first-order valence-corrected chi connectivity index (χ1v) is 9.92. The summed E-state index contributed by atoms with van der Waals surface area (Å²) in [5.74, 6) is 0. The lowest BCUT2D eigenvalue weighted by atomic mass is 10.1. The number of amides is 2. The second-order valence-corrected chi connectivity index (χ2v) is 8.18. The fourth-order valence-corrected chi connectivity index (χ4v) is 4.39. The van der Waals surface area contributed by atoms with Crippen LogP contribution in [0.1, 0.15) is 17.2 Å². The maximum atomic E-state index is 13.1. The molecule has 0 bridgehead atoms. The van der Waals surface area contributed by atoms with Crippen LogP contribution >= 0.6 is 24.2 Å². The molecule has 4 nitrogen and oxygen atoms in total. The number of rotatable bonds is 4. The molecule has 27 heavy (non-hydrogen) atoms. The molecule has 0 saturated heterocycles. The van der Waals surface area contributed by atoms with Crippen LogP contribution in [0.5, 0.6) is 0 Å². The Bertz CT molecular complexity index is 741. The van der Waals surface area contributed by atoms with Gasteiger partial charge in [0.15, 0.2) is 0 Å². The van der Waals surface area contributed by atoms with E-state index < -0.39 is 0 Å². The van der Waals surface area contributed by atoms with Gasteiger partial charge in [-0.3, -0.25) is 4.90 Å². The van der Waals surface area contributed by atoms with Crippen molar-refractivity contribution in [1.82, 2.24) is 9.80 Å². The standard InChI is InChI=1S/C21H27N3OS.ClH/c1-22(2)15-16-23(3)21(25)24-14-13-19(17-9-5-4-6-10-17)26-20-12-8-7-11-18(20)24;/h4-12,19H,13-16H2,1-3H3;1H. The van der Waals surface area contributed by atoms with Crippen molar-refractivity contribution in [1.29, 1.82) is 0 Å². The molecule has 2 aromatic rings. The van der Waals surface area contributed by atoms with Crippen LogP contribution in [0.4, 0.5) is 10.5 Å². The van der Waals surface area contributed by atoms with Gasteiger partial charge in [0.1, 0.15) is 0 Å². The highest BCUT2D eigenvalue weighted by molar-refractivity contribution is 7.99. The minimum atomic E-state index is 0. The Hall–Kier alpha value is -1.69. The largest absolute Gasteiger partial charge is 0.326 e. The van der Waals surface area contributed by atoms with Crippen molar-refractivity contribution >= 4 is 35.9 Å². The van der Waals surface area contributed by atoms with E-state index in [0.717, 1.165) is 31.7 Å². The molecule has 3 rings (SSSR count). The molecule has 1 atom stereocenters. The number of nitrogens with zero attached hydrogens (tertiary/aromatic N) is 3. The summed E-state index contributed by atoms with van der Waals surface area (Å²) in [6.45, 7) is 2.31. The lowest BCUT2D eigenvalue weighted by Gasteiger charge is -2.29. The number of benzene rings is 2. The van der Waals surface area contributed by atoms with Crippen LogP contribution < -0.4 is 4.90 Å². The van der Waals surface area contributed by atoms with Crippen molar-refractivity contribution in [2.45, 2.75) is 16.6 Å². The molecule has 146 valence electrons. The van der Waals surface area contributed by atoms with Gasteiger partial charge < -0.3 is 9.80 Å². The Labute approximate surface area is 172 Å². The Morgan fingerprint density at radius 1 is 1.04 bits per heavy atom. The Balaban J connectivity index is 0.00000261. The zero-order valence-electron chi connectivity index (χ0n) is 16.2. The summed E-state index contributed by atoms with van der Waals surface area (Å²) in [5, 5.41) is 0.363. The molecule has 0 spiro atoms. The predicted octanol–water partition coefficient (Wildman–Crippen LogP) is 4.77. The lowest BCUT2D eigenvalue weighted by Crippen LogP contribution is -2.44. The number of halogens is 1. The highest BCUT2D eigenvalue weighted by Gasteiger charge is 2.28. The van der Waals surface area contributed by atoms with Crippen molar-refractivity contribution in [3.8, 4) is 0 Å². The summed E-state index contributed by atoms with van der Waals surface area (Å²) >= 11 is 1.86. The van der Waals surface area contributed by atoms with E-state index in [4.69, 9.17) is 0 Å². The molecular weight excluding hydrogens is 378 g/mol. The molecular formula is C21H28ClN3OS.